The third kappa shape index (κ3) is 2.22. The summed E-state index contributed by atoms with van der Waals surface area (Å²) in [7, 11) is 0. The Labute approximate surface area is 60.3 Å². The van der Waals surface area contributed by atoms with Crippen molar-refractivity contribution in [1.82, 2.24) is 0 Å². The van der Waals surface area contributed by atoms with Crippen molar-refractivity contribution in [2.75, 3.05) is 0 Å². The van der Waals surface area contributed by atoms with Crippen molar-refractivity contribution in [1.29, 1.82) is 0 Å². The first-order chi connectivity index (χ1) is 4.29. The van der Waals surface area contributed by atoms with Crippen LogP contribution in [-0.2, 0) is 0 Å². The predicted molar refractivity (Wildman–Crippen MR) is 43.9 cm³/mol. The van der Waals surface area contributed by atoms with Gasteiger partial charge in [0, 0.05) is 17.9 Å². The van der Waals surface area contributed by atoms with Crippen LogP contribution in [0, 0.1) is 0 Å². The molecule has 1 nitrogen and oxygen atoms in total. The van der Waals surface area contributed by atoms with Gasteiger partial charge in [-0.3, -0.25) is 4.99 Å². The number of thioether (sulfide) groups is 1. The van der Waals surface area contributed by atoms with Crippen molar-refractivity contribution in [3.8, 4) is 0 Å². The van der Waals surface area contributed by atoms with Crippen LogP contribution in [-0.4, -0.2) is 10.3 Å². The third-order valence-electron chi connectivity index (χ3n) is 0.988. The van der Waals surface area contributed by atoms with Gasteiger partial charge in [-0.25, -0.2) is 0 Å². The number of aliphatic imine (C=N–C) groups is 1. The van der Waals surface area contributed by atoms with Crippen molar-refractivity contribution in [2.24, 2.45) is 4.99 Å². The van der Waals surface area contributed by atoms with E-state index in [1.54, 1.807) is 0 Å². The van der Waals surface area contributed by atoms with Gasteiger partial charge in [-0.05, 0) is 0 Å². The van der Waals surface area contributed by atoms with Crippen LogP contribution in [0.15, 0.2) is 17.3 Å². The molecule has 0 aromatic heterocycles. The Hall–Kier alpha value is -0.240. The topological polar surface area (TPSA) is 12.4 Å². The molecule has 2 heteroatoms. The fraction of sp³-hybridized carbons (Fsp3) is 0.571. The summed E-state index contributed by atoms with van der Waals surface area (Å²) in [4.78, 5) is 4.17. The predicted octanol–water partition coefficient (Wildman–Crippen LogP) is 2.44. The third-order valence-corrected chi connectivity index (χ3v) is 2.00. The molecule has 0 atom stereocenters. The van der Waals surface area contributed by atoms with E-state index in [9.17, 15) is 0 Å². The van der Waals surface area contributed by atoms with Gasteiger partial charge >= 0.3 is 0 Å². The minimum atomic E-state index is 0.670. The number of allylic oxidation sites excluding steroid dienone is 1. The van der Waals surface area contributed by atoms with E-state index in [1.807, 2.05) is 18.0 Å². The largest absolute Gasteiger partial charge is 0.254 e. The highest BCUT2D eigenvalue weighted by Crippen LogP contribution is 2.17. The van der Waals surface area contributed by atoms with Crippen LogP contribution >= 0.6 is 11.8 Å². The number of nitrogens with zero attached hydrogens (tertiary/aromatic N) is 1. The van der Waals surface area contributed by atoms with E-state index in [-0.39, 0.29) is 0 Å². The molecule has 1 heterocycles. The molecule has 0 aromatic carbocycles. The first-order valence-corrected chi connectivity index (χ1v) is 4.05. The lowest BCUT2D eigenvalue weighted by Crippen LogP contribution is -1.93. The quantitative estimate of drug-likeness (QED) is 0.546. The zero-order chi connectivity index (χ0) is 6.69. The van der Waals surface area contributed by atoms with Crippen LogP contribution in [0.3, 0.4) is 0 Å². The van der Waals surface area contributed by atoms with E-state index in [1.165, 1.54) is 5.04 Å². The maximum Gasteiger partial charge on any atom is 0.0772 e. The molecule has 1 aliphatic rings. The zero-order valence-corrected chi connectivity index (χ0v) is 6.61. The maximum atomic E-state index is 4.17. The summed E-state index contributed by atoms with van der Waals surface area (Å²) in [5.74, 6) is 0. The summed E-state index contributed by atoms with van der Waals surface area (Å²) in [6.45, 7) is 4.37. The van der Waals surface area contributed by atoms with Gasteiger partial charge in [-0.1, -0.05) is 19.9 Å². The summed E-state index contributed by atoms with van der Waals surface area (Å²) in [5.41, 5.74) is 0. The lowest BCUT2D eigenvalue weighted by atomic mass is 10.5. The van der Waals surface area contributed by atoms with Gasteiger partial charge in [0.25, 0.3) is 0 Å². The van der Waals surface area contributed by atoms with Crippen molar-refractivity contribution < 1.29 is 0 Å². The van der Waals surface area contributed by atoms with E-state index < -0.39 is 0 Å². The Kier molecular flexibility index (Phi) is 2.34. The number of hydrogen-bond donors (Lipinski definition) is 0. The molecule has 0 radical (unpaired) electrons. The van der Waals surface area contributed by atoms with E-state index in [0.29, 0.717) is 5.25 Å². The second-order valence-corrected chi connectivity index (χ2v) is 3.93. The van der Waals surface area contributed by atoms with E-state index >= 15 is 0 Å². The highest BCUT2D eigenvalue weighted by atomic mass is 32.2. The van der Waals surface area contributed by atoms with E-state index in [4.69, 9.17) is 0 Å². The lowest BCUT2D eigenvalue weighted by Gasteiger charge is -2.01. The fourth-order valence-electron chi connectivity index (χ4n) is 0.693. The first kappa shape index (κ1) is 6.87. The molecule has 0 aliphatic carbocycles. The molecule has 0 aromatic rings. The SMILES string of the molecule is CC(C)SC1=NC=CC1. The molecule has 0 spiro atoms. The van der Waals surface area contributed by atoms with Gasteiger partial charge in [0.1, 0.15) is 0 Å². The summed E-state index contributed by atoms with van der Waals surface area (Å²) in [6.07, 6.45) is 5.01. The monoisotopic (exact) mass is 141 g/mol. The van der Waals surface area contributed by atoms with Crippen molar-refractivity contribution in [3.05, 3.63) is 12.3 Å². The normalized spacial score (nSPS) is 17.0. The first-order valence-electron chi connectivity index (χ1n) is 3.17. The van der Waals surface area contributed by atoms with Gasteiger partial charge in [0.05, 0.1) is 5.04 Å². The number of hydrogen-bond acceptors (Lipinski definition) is 2. The Morgan fingerprint density at radius 1 is 1.67 bits per heavy atom. The molecule has 0 bridgehead atoms. The molecular weight excluding hydrogens is 130 g/mol. The Morgan fingerprint density at radius 3 is 2.89 bits per heavy atom. The summed E-state index contributed by atoms with van der Waals surface area (Å²) in [6, 6.07) is 0. The average molecular weight is 141 g/mol. The van der Waals surface area contributed by atoms with Crippen LogP contribution in [0.2, 0.25) is 0 Å². The Bertz CT molecular complexity index is 147. The van der Waals surface area contributed by atoms with Crippen LogP contribution in [0.25, 0.3) is 0 Å². The van der Waals surface area contributed by atoms with Crippen LogP contribution in [0.4, 0.5) is 0 Å². The molecule has 0 saturated heterocycles. The van der Waals surface area contributed by atoms with Gasteiger partial charge in [-0.15, -0.1) is 11.8 Å². The van der Waals surface area contributed by atoms with Crippen LogP contribution in [0.5, 0.6) is 0 Å². The minimum absolute atomic E-state index is 0.670. The maximum absolute atomic E-state index is 4.17. The molecule has 1 rings (SSSR count). The number of rotatable bonds is 1. The highest BCUT2D eigenvalue weighted by molar-refractivity contribution is 8.14. The smallest absolute Gasteiger partial charge is 0.0772 e. The molecule has 0 unspecified atom stereocenters. The van der Waals surface area contributed by atoms with Gasteiger partial charge < -0.3 is 0 Å². The molecule has 0 fully saturated rings. The molecule has 9 heavy (non-hydrogen) atoms. The molecule has 1 aliphatic heterocycles. The Morgan fingerprint density at radius 2 is 2.44 bits per heavy atom. The van der Waals surface area contributed by atoms with Crippen LogP contribution < -0.4 is 0 Å². The summed E-state index contributed by atoms with van der Waals surface area (Å²) < 4.78 is 0. The average Bonchev–Trinajstić information content (AvgIpc) is 2.15. The second-order valence-electron chi connectivity index (χ2n) is 2.28. The van der Waals surface area contributed by atoms with Crippen LogP contribution in [0.1, 0.15) is 20.3 Å². The van der Waals surface area contributed by atoms with Crippen molar-refractivity contribution in [2.45, 2.75) is 25.5 Å². The van der Waals surface area contributed by atoms with E-state index in [2.05, 4.69) is 24.9 Å². The zero-order valence-electron chi connectivity index (χ0n) is 5.79. The van der Waals surface area contributed by atoms with E-state index in [0.717, 1.165) is 6.42 Å². The minimum Gasteiger partial charge on any atom is -0.254 e. The standard InChI is InChI=1S/C7H11NS/c1-6(2)9-7-4-3-5-8-7/h3,5-6H,4H2,1-2H3. The molecular formula is C7H11NS. The highest BCUT2D eigenvalue weighted by Gasteiger charge is 2.03. The lowest BCUT2D eigenvalue weighted by molar-refractivity contribution is 1.12. The van der Waals surface area contributed by atoms with Gasteiger partial charge in [-0.2, -0.15) is 0 Å². The molecule has 0 amide bonds. The molecule has 0 N–H and O–H groups in total. The van der Waals surface area contributed by atoms with Crippen molar-refractivity contribution >= 4 is 16.8 Å². The summed E-state index contributed by atoms with van der Waals surface area (Å²) >= 11 is 1.85. The van der Waals surface area contributed by atoms with Gasteiger partial charge in [0.15, 0.2) is 0 Å². The van der Waals surface area contributed by atoms with Gasteiger partial charge in [0.2, 0.25) is 0 Å². The second kappa shape index (κ2) is 3.06. The fourth-order valence-corrected chi connectivity index (χ4v) is 1.55. The molecule has 50 valence electrons. The Balaban J connectivity index is 2.30. The van der Waals surface area contributed by atoms with Crippen molar-refractivity contribution in [3.63, 3.8) is 0 Å². The summed E-state index contributed by atoms with van der Waals surface area (Å²) in [5, 5.41) is 1.92. The molecule has 0 saturated carbocycles.